The Kier molecular flexibility index (Phi) is 10.0. The van der Waals surface area contributed by atoms with Gasteiger partial charge in [-0.2, -0.15) is 0 Å². The van der Waals surface area contributed by atoms with E-state index in [-0.39, 0.29) is 43.9 Å². The van der Waals surface area contributed by atoms with E-state index in [1.807, 2.05) is 38.1 Å². The van der Waals surface area contributed by atoms with Crippen molar-refractivity contribution in [1.29, 1.82) is 0 Å². The van der Waals surface area contributed by atoms with Crippen molar-refractivity contribution in [1.82, 2.24) is 0 Å². The summed E-state index contributed by atoms with van der Waals surface area (Å²) in [6.07, 6.45) is 1.04. The van der Waals surface area contributed by atoms with Crippen LogP contribution < -0.4 is 0 Å². The Labute approximate surface area is 201 Å². The fourth-order valence-corrected chi connectivity index (χ4v) is 4.08. The van der Waals surface area contributed by atoms with Gasteiger partial charge in [0.1, 0.15) is 13.2 Å². The van der Waals surface area contributed by atoms with E-state index in [1.165, 1.54) is 0 Å². The van der Waals surface area contributed by atoms with E-state index >= 15 is 0 Å². The summed E-state index contributed by atoms with van der Waals surface area (Å²) in [6, 6.07) is 14.4. The van der Waals surface area contributed by atoms with Crippen LogP contribution in [-0.2, 0) is 32.3 Å². The maximum atomic E-state index is 12.8. The van der Waals surface area contributed by atoms with Crippen LogP contribution in [0.4, 0.5) is 0 Å². The molecule has 0 saturated heterocycles. The predicted octanol–water partition coefficient (Wildman–Crippen LogP) is 7.25. The Bertz CT molecular complexity index is 810. The number of rotatable bonds is 11. The fourth-order valence-electron chi connectivity index (χ4n) is 3.83. The van der Waals surface area contributed by atoms with Crippen molar-refractivity contribution >= 4 is 35.1 Å². The molecule has 174 valence electrons. The first kappa shape index (κ1) is 26.2. The Hall–Kier alpha value is -2.04. The average molecular weight is 479 g/mol. The van der Waals surface area contributed by atoms with Gasteiger partial charge < -0.3 is 9.47 Å². The van der Waals surface area contributed by atoms with Crippen LogP contribution in [0, 0.1) is 17.3 Å². The van der Waals surface area contributed by atoms with E-state index in [2.05, 4.69) is 13.8 Å². The molecule has 2 aromatic carbocycles. The molecule has 0 spiro atoms. The molecule has 0 aromatic heterocycles. The maximum absolute atomic E-state index is 12.8. The van der Waals surface area contributed by atoms with Gasteiger partial charge in [0.05, 0.1) is 12.8 Å². The fraction of sp³-hybridized carbons (Fsp3) is 0.462. The number of hydrogen-bond donors (Lipinski definition) is 0. The van der Waals surface area contributed by atoms with E-state index < -0.39 is 5.41 Å². The molecule has 4 nitrogen and oxygen atoms in total. The molecule has 0 radical (unpaired) electrons. The normalized spacial score (nSPS) is 11.6. The van der Waals surface area contributed by atoms with E-state index in [0.29, 0.717) is 16.0 Å². The highest BCUT2D eigenvalue weighted by atomic mass is 35.5. The first-order chi connectivity index (χ1) is 15.1. The van der Waals surface area contributed by atoms with Crippen molar-refractivity contribution in [2.24, 2.45) is 17.3 Å². The van der Waals surface area contributed by atoms with Crippen molar-refractivity contribution in [3.05, 3.63) is 69.7 Å². The molecule has 2 aromatic rings. The van der Waals surface area contributed by atoms with Gasteiger partial charge in [0.2, 0.25) is 0 Å². The molecule has 0 N–H and O–H groups in total. The zero-order valence-electron chi connectivity index (χ0n) is 19.2. The summed E-state index contributed by atoms with van der Waals surface area (Å²) in [5.41, 5.74) is 1.19. The van der Waals surface area contributed by atoms with Crippen LogP contribution in [0.25, 0.3) is 0 Å². The lowest BCUT2D eigenvalue weighted by atomic mass is 9.67. The number of halogens is 2. The lowest BCUT2D eigenvalue weighted by Crippen LogP contribution is -2.35. The van der Waals surface area contributed by atoms with Crippen molar-refractivity contribution in [2.45, 2.75) is 60.2 Å². The zero-order chi connectivity index (χ0) is 23.7. The summed E-state index contributed by atoms with van der Waals surface area (Å²) >= 11 is 11.8. The second kappa shape index (κ2) is 12.3. The van der Waals surface area contributed by atoms with Gasteiger partial charge in [0.25, 0.3) is 0 Å². The SMILES string of the molecule is CC(C)CC(CC(=O)OCc1ccc(Cl)cc1)(CC(=O)OCc1ccc(Cl)cc1)C(C)C. The van der Waals surface area contributed by atoms with E-state index in [0.717, 1.165) is 17.5 Å². The number of carbonyl (C=O) groups is 2. The van der Waals surface area contributed by atoms with Gasteiger partial charge in [-0.1, -0.05) is 75.2 Å². The summed E-state index contributed by atoms with van der Waals surface area (Å²) in [5.74, 6) is -0.235. The average Bonchev–Trinajstić information content (AvgIpc) is 2.72. The van der Waals surface area contributed by atoms with E-state index in [1.54, 1.807) is 24.3 Å². The van der Waals surface area contributed by atoms with Crippen LogP contribution in [0.5, 0.6) is 0 Å². The molecule has 0 aliphatic heterocycles. The van der Waals surface area contributed by atoms with Crippen LogP contribution in [0.2, 0.25) is 10.0 Å². The van der Waals surface area contributed by atoms with Crippen LogP contribution in [0.3, 0.4) is 0 Å². The van der Waals surface area contributed by atoms with Crippen molar-refractivity contribution in [2.75, 3.05) is 0 Å². The lowest BCUT2D eigenvalue weighted by molar-refractivity contribution is -0.154. The third-order valence-electron chi connectivity index (χ3n) is 5.66. The zero-order valence-corrected chi connectivity index (χ0v) is 20.7. The van der Waals surface area contributed by atoms with Crippen molar-refractivity contribution < 1.29 is 19.1 Å². The highest BCUT2D eigenvalue weighted by Crippen LogP contribution is 2.42. The van der Waals surface area contributed by atoms with Gasteiger partial charge in [-0.15, -0.1) is 0 Å². The molecular formula is C26H32Cl2O4. The first-order valence-electron chi connectivity index (χ1n) is 10.9. The molecule has 0 saturated carbocycles. The van der Waals surface area contributed by atoms with E-state index in [9.17, 15) is 9.59 Å². The number of esters is 2. The highest BCUT2D eigenvalue weighted by Gasteiger charge is 2.40. The summed E-state index contributed by atoms with van der Waals surface area (Å²) in [5, 5.41) is 1.26. The molecule has 0 bridgehead atoms. The van der Waals surface area contributed by atoms with Crippen molar-refractivity contribution in [3.63, 3.8) is 0 Å². The van der Waals surface area contributed by atoms with Crippen LogP contribution >= 0.6 is 23.2 Å². The smallest absolute Gasteiger partial charge is 0.306 e. The molecule has 2 rings (SSSR count). The summed E-state index contributed by atoms with van der Waals surface area (Å²) < 4.78 is 11.1. The lowest BCUT2D eigenvalue weighted by Gasteiger charge is -2.37. The minimum atomic E-state index is -0.539. The molecule has 0 amide bonds. The van der Waals surface area contributed by atoms with Crippen molar-refractivity contribution in [3.8, 4) is 0 Å². The second-order valence-electron chi connectivity index (χ2n) is 9.04. The molecule has 6 heteroatoms. The van der Waals surface area contributed by atoms with Crippen LogP contribution in [0.15, 0.2) is 48.5 Å². The summed E-state index contributed by atoms with van der Waals surface area (Å²) in [7, 11) is 0. The second-order valence-corrected chi connectivity index (χ2v) is 9.92. The largest absolute Gasteiger partial charge is 0.461 e. The minimum absolute atomic E-state index is 0.0936. The van der Waals surface area contributed by atoms with E-state index in [4.69, 9.17) is 32.7 Å². The monoisotopic (exact) mass is 478 g/mol. The Morgan fingerprint density at radius 1 is 0.750 bits per heavy atom. The van der Waals surface area contributed by atoms with Gasteiger partial charge in [0, 0.05) is 10.0 Å². The third-order valence-corrected chi connectivity index (χ3v) is 6.16. The standard InChI is InChI=1S/C26H32Cl2O4/c1-18(2)13-26(19(3)4,14-24(29)31-16-20-5-9-22(27)10-6-20)15-25(30)32-17-21-7-11-23(28)12-8-21/h5-12,18-19H,13-17H2,1-4H3. The molecular weight excluding hydrogens is 447 g/mol. The van der Waals surface area contributed by atoms with Crippen LogP contribution in [-0.4, -0.2) is 11.9 Å². The number of benzene rings is 2. The van der Waals surface area contributed by atoms with Gasteiger partial charge in [-0.05, 0) is 59.1 Å². The third kappa shape index (κ3) is 8.48. The van der Waals surface area contributed by atoms with Gasteiger partial charge >= 0.3 is 11.9 Å². The van der Waals surface area contributed by atoms with Crippen LogP contribution in [0.1, 0.15) is 58.1 Å². The van der Waals surface area contributed by atoms with Gasteiger partial charge in [0.15, 0.2) is 0 Å². The van der Waals surface area contributed by atoms with Gasteiger partial charge in [-0.3, -0.25) is 9.59 Å². The number of hydrogen-bond acceptors (Lipinski definition) is 4. The number of carbonyl (C=O) groups excluding carboxylic acids is 2. The molecule has 0 atom stereocenters. The molecule has 32 heavy (non-hydrogen) atoms. The molecule has 0 heterocycles. The molecule has 0 fully saturated rings. The Balaban J connectivity index is 2.04. The molecule has 0 aliphatic carbocycles. The summed E-state index contributed by atoms with van der Waals surface area (Å²) in [4.78, 5) is 25.5. The predicted molar refractivity (Wildman–Crippen MR) is 128 cm³/mol. The topological polar surface area (TPSA) is 52.6 Å². The first-order valence-corrected chi connectivity index (χ1v) is 11.7. The molecule has 0 aliphatic rings. The minimum Gasteiger partial charge on any atom is -0.461 e. The number of ether oxygens (including phenoxy) is 2. The van der Waals surface area contributed by atoms with Gasteiger partial charge in [-0.25, -0.2) is 0 Å². The highest BCUT2D eigenvalue weighted by molar-refractivity contribution is 6.30. The molecule has 0 unspecified atom stereocenters. The quantitative estimate of drug-likeness (QED) is 0.319. The Morgan fingerprint density at radius 3 is 1.44 bits per heavy atom. The summed E-state index contributed by atoms with van der Waals surface area (Å²) in [6.45, 7) is 8.62. The Morgan fingerprint density at radius 2 is 1.12 bits per heavy atom. The maximum Gasteiger partial charge on any atom is 0.306 e.